The third-order valence-corrected chi connectivity index (χ3v) is 3.68. The van der Waals surface area contributed by atoms with Gasteiger partial charge in [0.05, 0.1) is 3.79 Å². The van der Waals surface area contributed by atoms with Crippen LogP contribution in [0, 0.1) is 0 Å². The molecule has 82 valence electrons. The zero-order valence-corrected chi connectivity index (χ0v) is 11.1. The van der Waals surface area contributed by atoms with E-state index in [2.05, 4.69) is 22.0 Å². The molecule has 0 saturated carbocycles. The Morgan fingerprint density at radius 1 is 1.36 bits per heavy atom. The molecule has 0 aliphatic carbocycles. The van der Waals surface area contributed by atoms with Crippen LogP contribution in [0.3, 0.4) is 0 Å². The largest absolute Gasteiger partial charge is 0.330 e. The van der Waals surface area contributed by atoms with Gasteiger partial charge >= 0.3 is 0 Å². The molecule has 14 heavy (non-hydrogen) atoms. The Kier molecular flexibility index (Phi) is 7.86. The maximum atomic E-state index is 6.00. The molecule has 0 aromatic carbocycles. The number of rotatable bonds is 5. The summed E-state index contributed by atoms with van der Waals surface area (Å²) in [6.07, 6.45) is 3.22. The van der Waals surface area contributed by atoms with Crippen LogP contribution in [0.25, 0.3) is 0 Å². The number of thiophene rings is 1. The second-order valence-corrected chi connectivity index (χ2v) is 5.53. The highest BCUT2D eigenvalue weighted by molar-refractivity contribution is 9.11. The zero-order valence-electron chi connectivity index (χ0n) is 7.91. The van der Waals surface area contributed by atoms with E-state index >= 15 is 0 Å². The lowest BCUT2D eigenvalue weighted by Gasteiger charge is -2.07. The van der Waals surface area contributed by atoms with Gasteiger partial charge in [-0.3, -0.25) is 0 Å². The number of nitrogens with two attached hydrogens (primary N) is 2. The van der Waals surface area contributed by atoms with Crippen molar-refractivity contribution in [3.05, 3.63) is 20.8 Å². The van der Waals surface area contributed by atoms with Crippen LogP contribution in [-0.4, -0.2) is 6.54 Å². The molecule has 2 nitrogen and oxygen atoms in total. The average molecular weight is 300 g/mol. The van der Waals surface area contributed by atoms with Crippen molar-refractivity contribution in [3.63, 3.8) is 0 Å². The van der Waals surface area contributed by atoms with E-state index in [0.717, 1.165) is 29.6 Å². The standard InChI is InChI=1S/C9H15BrN2S.ClH/c10-9-5-4-8(13-9)7(12)3-1-2-6-11;/h4-5,7H,1-3,6,11-12H2;1H/t7-;/m0./s1. The summed E-state index contributed by atoms with van der Waals surface area (Å²) in [6, 6.07) is 4.31. The van der Waals surface area contributed by atoms with Gasteiger partial charge in [0.1, 0.15) is 0 Å². The van der Waals surface area contributed by atoms with E-state index in [0.29, 0.717) is 0 Å². The third-order valence-electron chi connectivity index (χ3n) is 1.93. The Balaban J connectivity index is 0.00000169. The lowest BCUT2D eigenvalue weighted by molar-refractivity contribution is 0.598. The first kappa shape index (κ1) is 14.4. The van der Waals surface area contributed by atoms with Crippen molar-refractivity contribution in [1.29, 1.82) is 0 Å². The molecule has 0 aliphatic heterocycles. The van der Waals surface area contributed by atoms with Crippen LogP contribution < -0.4 is 11.5 Å². The first-order valence-electron chi connectivity index (χ1n) is 4.45. The highest BCUT2D eigenvalue weighted by atomic mass is 79.9. The normalized spacial score (nSPS) is 12.2. The van der Waals surface area contributed by atoms with Gasteiger partial charge in [-0.15, -0.1) is 23.7 Å². The van der Waals surface area contributed by atoms with Gasteiger partial charge in [0, 0.05) is 10.9 Å². The lowest BCUT2D eigenvalue weighted by Crippen LogP contribution is -2.09. The first-order valence-corrected chi connectivity index (χ1v) is 6.06. The molecule has 0 fully saturated rings. The number of hydrogen-bond acceptors (Lipinski definition) is 3. The Bertz CT molecular complexity index is 255. The smallest absolute Gasteiger partial charge is 0.0701 e. The summed E-state index contributed by atoms with van der Waals surface area (Å²) in [4.78, 5) is 1.25. The second kappa shape index (κ2) is 7.65. The van der Waals surface area contributed by atoms with Gasteiger partial charge in [-0.1, -0.05) is 6.42 Å². The lowest BCUT2D eigenvalue weighted by atomic mass is 10.1. The molecule has 1 aromatic heterocycles. The summed E-state index contributed by atoms with van der Waals surface area (Å²) in [5.74, 6) is 0. The molecule has 1 aromatic rings. The molecule has 4 N–H and O–H groups in total. The molecule has 0 aliphatic rings. The van der Waals surface area contributed by atoms with E-state index < -0.39 is 0 Å². The molecular formula is C9H16BrClN2S. The van der Waals surface area contributed by atoms with Crippen molar-refractivity contribution in [2.24, 2.45) is 11.5 Å². The van der Waals surface area contributed by atoms with E-state index in [1.807, 2.05) is 6.07 Å². The molecular weight excluding hydrogens is 284 g/mol. The molecule has 0 amide bonds. The van der Waals surface area contributed by atoms with Crippen molar-refractivity contribution in [3.8, 4) is 0 Å². The SMILES string of the molecule is Cl.NCCCC[C@H](N)c1ccc(Br)s1. The zero-order chi connectivity index (χ0) is 9.68. The monoisotopic (exact) mass is 298 g/mol. The van der Waals surface area contributed by atoms with Crippen LogP contribution in [0.2, 0.25) is 0 Å². The predicted octanol–water partition coefficient (Wildman–Crippen LogP) is 3.06. The van der Waals surface area contributed by atoms with Gasteiger partial charge < -0.3 is 11.5 Å². The van der Waals surface area contributed by atoms with Crippen molar-refractivity contribution < 1.29 is 0 Å². The summed E-state index contributed by atoms with van der Waals surface area (Å²) < 4.78 is 1.15. The topological polar surface area (TPSA) is 52.0 Å². The van der Waals surface area contributed by atoms with Crippen LogP contribution in [0.15, 0.2) is 15.9 Å². The molecule has 0 spiro atoms. The summed E-state index contributed by atoms with van der Waals surface area (Å²) in [6.45, 7) is 0.765. The van der Waals surface area contributed by atoms with Crippen LogP contribution in [0.1, 0.15) is 30.2 Å². The highest BCUT2D eigenvalue weighted by Gasteiger charge is 2.07. The minimum atomic E-state index is 0. The van der Waals surface area contributed by atoms with Crippen molar-refractivity contribution in [2.45, 2.75) is 25.3 Å². The van der Waals surface area contributed by atoms with Crippen LogP contribution in [0.4, 0.5) is 0 Å². The summed E-state index contributed by atoms with van der Waals surface area (Å²) in [5.41, 5.74) is 11.4. The maximum Gasteiger partial charge on any atom is 0.0701 e. The van der Waals surface area contributed by atoms with Gasteiger partial charge in [-0.05, 0) is 47.4 Å². The van der Waals surface area contributed by atoms with Gasteiger partial charge in [-0.25, -0.2) is 0 Å². The van der Waals surface area contributed by atoms with Crippen LogP contribution >= 0.6 is 39.7 Å². The fourth-order valence-corrected chi connectivity index (χ4v) is 2.64. The number of halogens is 2. The fourth-order valence-electron chi connectivity index (χ4n) is 1.18. The summed E-state index contributed by atoms with van der Waals surface area (Å²) in [5, 5.41) is 0. The van der Waals surface area contributed by atoms with E-state index in [9.17, 15) is 0 Å². The summed E-state index contributed by atoms with van der Waals surface area (Å²) >= 11 is 5.14. The van der Waals surface area contributed by atoms with Crippen LogP contribution in [0.5, 0.6) is 0 Å². The predicted molar refractivity (Wildman–Crippen MR) is 69.1 cm³/mol. The van der Waals surface area contributed by atoms with E-state index in [4.69, 9.17) is 11.5 Å². The third kappa shape index (κ3) is 4.75. The van der Waals surface area contributed by atoms with E-state index in [1.165, 1.54) is 4.88 Å². The number of unbranched alkanes of at least 4 members (excludes halogenated alkanes) is 1. The van der Waals surface area contributed by atoms with Crippen molar-refractivity contribution in [2.75, 3.05) is 6.54 Å². The molecule has 0 radical (unpaired) electrons. The minimum absolute atomic E-state index is 0. The molecule has 0 saturated heterocycles. The number of hydrogen-bond donors (Lipinski definition) is 2. The molecule has 1 heterocycles. The molecule has 5 heteroatoms. The van der Waals surface area contributed by atoms with Crippen LogP contribution in [-0.2, 0) is 0 Å². The molecule has 0 unspecified atom stereocenters. The van der Waals surface area contributed by atoms with Gasteiger partial charge in [0.25, 0.3) is 0 Å². The Morgan fingerprint density at radius 2 is 2.07 bits per heavy atom. The van der Waals surface area contributed by atoms with Gasteiger partial charge in [0.2, 0.25) is 0 Å². The van der Waals surface area contributed by atoms with E-state index in [1.54, 1.807) is 11.3 Å². The molecule has 1 atom stereocenters. The first-order chi connectivity index (χ1) is 6.24. The maximum absolute atomic E-state index is 6.00. The van der Waals surface area contributed by atoms with Crippen molar-refractivity contribution >= 4 is 39.7 Å². The Morgan fingerprint density at radius 3 is 2.57 bits per heavy atom. The fraction of sp³-hybridized carbons (Fsp3) is 0.556. The molecule has 0 bridgehead atoms. The molecule has 1 rings (SSSR count). The quantitative estimate of drug-likeness (QED) is 0.821. The van der Waals surface area contributed by atoms with Gasteiger partial charge in [-0.2, -0.15) is 0 Å². The van der Waals surface area contributed by atoms with E-state index in [-0.39, 0.29) is 18.4 Å². The van der Waals surface area contributed by atoms with Crippen molar-refractivity contribution in [1.82, 2.24) is 0 Å². The minimum Gasteiger partial charge on any atom is -0.330 e. The average Bonchev–Trinajstić information content (AvgIpc) is 2.52. The van der Waals surface area contributed by atoms with Gasteiger partial charge in [0.15, 0.2) is 0 Å². The Hall–Kier alpha value is 0.390. The Labute approximate surface area is 104 Å². The highest BCUT2D eigenvalue weighted by Crippen LogP contribution is 2.28. The second-order valence-electron chi connectivity index (χ2n) is 3.03. The summed E-state index contributed by atoms with van der Waals surface area (Å²) in [7, 11) is 0.